The van der Waals surface area contributed by atoms with Crippen LogP contribution in [0.1, 0.15) is 41.1 Å². The van der Waals surface area contributed by atoms with Gasteiger partial charge in [0, 0.05) is 37.9 Å². The van der Waals surface area contributed by atoms with Crippen LogP contribution in [0.4, 0.5) is 0 Å². The largest absolute Gasteiger partial charge is 0.385 e. The minimum atomic E-state index is -0.421. The van der Waals surface area contributed by atoms with Crippen molar-refractivity contribution in [3.8, 4) is 0 Å². The molecular weight excluding hydrogens is 402 g/mol. The third kappa shape index (κ3) is 4.40. The van der Waals surface area contributed by atoms with E-state index in [0.717, 1.165) is 5.56 Å². The number of hydrogen-bond donors (Lipinski definition) is 0. The molecule has 0 fully saturated rings. The molecule has 158 valence electrons. The van der Waals surface area contributed by atoms with Gasteiger partial charge in [0.2, 0.25) is 0 Å². The summed E-state index contributed by atoms with van der Waals surface area (Å²) in [5, 5.41) is 1.00. The van der Waals surface area contributed by atoms with Crippen LogP contribution in [-0.4, -0.2) is 40.6 Å². The Kier molecular flexibility index (Phi) is 6.90. The molecule has 7 heteroatoms. The molecule has 0 saturated carbocycles. The molecule has 1 atom stereocenters. The van der Waals surface area contributed by atoms with Crippen molar-refractivity contribution in [3.63, 3.8) is 0 Å². The molecule has 3 rings (SSSR count). The molecule has 1 amide bonds. The highest BCUT2D eigenvalue weighted by Crippen LogP contribution is 2.24. The topological polar surface area (TPSA) is 64.4 Å². The number of nitrogens with zero attached hydrogens (tertiary/aromatic N) is 3. The third-order valence-electron chi connectivity index (χ3n) is 5.30. The standard InChI is InChI=1S/C23H26ClN3O3/c1-15-8-5-6-9-18(15)23(29)27(12-7-13-30-4)16(2)21-25-20-14-17(24)10-11-19(20)22(28)26(21)3/h5-6,8-11,14,16H,7,12-13H2,1-4H3. The van der Waals surface area contributed by atoms with E-state index in [2.05, 4.69) is 0 Å². The second-order valence-corrected chi connectivity index (χ2v) is 7.77. The molecule has 1 heterocycles. The van der Waals surface area contributed by atoms with Crippen LogP contribution in [0.15, 0.2) is 47.3 Å². The van der Waals surface area contributed by atoms with Gasteiger partial charge in [0.05, 0.1) is 16.9 Å². The molecule has 1 aromatic heterocycles. The molecule has 0 N–H and O–H groups in total. The second-order valence-electron chi connectivity index (χ2n) is 7.33. The van der Waals surface area contributed by atoms with Crippen LogP contribution in [0.2, 0.25) is 5.02 Å². The average molecular weight is 428 g/mol. The average Bonchev–Trinajstić information content (AvgIpc) is 2.73. The van der Waals surface area contributed by atoms with Crippen molar-refractivity contribution in [1.29, 1.82) is 0 Å². The minimum absolute atomic E-state index is 0.0999. The quantitative estimate of drug-likeness (QED) is 0.531. The first-order chi connectivity index (χ1) is 14.3. The Morgan fingerprint density at radius 1 is 1.27 bits per heavy atom. The van der Waals surface area contributed by atoms with Crippen LogP contribution in [0.3, 0.4) is 0 Å². The summed E-state index contributed by atoms with van der Waals surface area (Å²) in [5.41, 5.74) is 1.89. The fourth-order valence-corrected chi connectivity index (χ4v) is 3.76. The van der Waals surface area contributed by atoms with Crippen LogP contribution >= 0.6 is 11.6 Å². The summed E-state index contributed by atoms with van der Waals surface area (Å²) < 4.78 is 6.69. The normalized spacial score (nSPS) is 12.2. The highest BCUT2D eigenvalue weighted by molar-refractivity contribution is 6.31. The number of benzene rings is 2. The van der Waals surface area contributed by atoms with Crippen molar-refractivity contribution in [3.05, 3.63) is 74.8 Å². The number of carbonyl (C=O) groups excluding carboxylic acids is 1. The molecule has 0 saturated heterocycles. The maximum Gasteiger partial charge on any atom is 0.261 e. The van der Waals surface area contributed by atoms with Crippen LogP contribution in [0.25, 0.3) is 10.9 Å². The number of ether oxygens (including phenoxy) is 1. The van der Waals surface area contributed by atoms with E-state index in [0.29, 0.717) is 46.9 Å². The first kappa shape index (κ1) is 22.0. The molecule has 2 aromatic carbocycles. The lowest BCUT2D eigenvalue weighted by atomic mass is 10.1. The van der Waals surface area contributed by atoms with Crippen LogP contribution in [0.5, 0.6) is 0 Å². The van der Waals surface area contributed by atoms with Gasteiger partial charge < -0.3 is 9.64 Å². The van der Waals surface area contributed by atoms with Gasteiger partial charge in [-0.3, -0.25) is 14.2 Å². The predicted octanol–water partition coefficient (Wildman–Crippen LogP) is 4.14. The van der Waals surface area contributed by atoms with Gasteiger partial charge in [-0.2, -0.15) is 0 Å². The Morgan fingerprint density at radius 2 is 2.00 bits per heavy atom. The van der Waals surface area contributed by atoms with E-state index in [9.17, 15) is 9.59 Å². The van der Waals surface area contributed by atoms with Gasteiger partial charge in [0.1, 0.15) is 5.82 Å². The summed E-state index contributed by atoms with van der Waals surface area (Å²) in [6, 6.07) is 12.1. The molecule has 0 radical (unpaired) electrons. The molecule has 1 unspecified atom stereocenters. The molecule has 30 heavy (non-hydrogen) atoms. The molecule has 6 nitrogen and oxygen atoms in total. The van der Waals surface area contributed by atoms with Gasteiger partial charge in [-0.1, -0.05) is 29.8 Å². The number of hydrogen-bond acceptors (Lipinski definition) is 4. The van der Waals surface area contributed by atoms with Crippen LogP contribution < -0.4 is 5.56 Å². The fourth-order valence-electron chi connectivity index (χ4n) is 3.59. The zero-order chi connectivity index (χ0) is 21.8. The lowest BCUT2D eigenvalue weighted by Crippen LogP contribution is -2.38. The maximum atomic E-state index is 13.4. The predicted molar refractivity (Wildman–Crippen MR) is 119 cm³/mol. The van der Waals surface area contributed by atoms with E-state index in [-0.39, 0.29) is 11.5 Å². The van der Waals surface area contributed by atoms with Crippen molar-refractivity contribution in [1.82, 2.24) is 14.5 Å². The summed E-state index contributed by atoms with van der Waals surface area (Å²) in [6.45, 7) is 4.81. The first-order valence-corrected chi connectivity index (χ1v) is 10.2. The SMILES string of the molecule is COCCCN(C(=O)c1ccccc1C)C(C)c1nc2cc(Cl)ccc2c(=O)n1C. The molecule has 0 aliphatic rings. The second kappa shape index (κ2) is 9.41. The van der Waals surface area contributed by atoms with Gasteiger partial charge in [-0.05, 0) is 50.1 Å². The summed E-state index contributed by atoms with van der Waals surface area (Å²) >= 11 is 6.11. The van der Waals surface area contributed by atoms with E-state index >= 15 is 0 Å². The van der Waals surface area contributed by atoms with E-state index in [4.69, 9.17) is 21.3 Å². The van der Waals surface area contributed by atoms with Crippen molar-refractivity contribution in [2.75, 3.05) is 20.3 Å². The number of fused-ring (bicyclic) bond motifs is 1. The first-order valence-electron chi connectivity index (χ1n) is 9.87. The van der Waals surface area contributed by atoms with Gasteiger partial charge in [0.25, 0.3) is 11.5 Å². The van der Waals surface area contributed by atoms with E-state index in [1.807, 2.05) is 38.1 Å². The van der Waals surface area contributed by atoms with E-state index in [1.165, 1.54) is 4.57 Å². The van der Waals surface area contributed by atoms with Gasteiger partial charge in [-0.15, -0.1) is 0 Å². The van der Waals surface area contributed by atoms with Crippen LogP contribution in [-0.2, 0) is 11.8 Å². The lowest BCUT2D eigenvalue weighted by molar-refractivity contribution is 0.0655. The number of amides is 1. The van der Waals surface area contributed by atoms with Crippen molar-refractivity contribution < 1.29 is 9.53 Å². The molecule has 0 bridgehead atoms. The number of aromatic nitrogens is 2. The van der Waals surface area contributed by atoms with Gasteiger partial charge in [-0.25, -0.2) is 4.98 Å². The Balaban J connectivity index is 2.07. The van der Waals surface area contributed by atoms with Crippen LogP contribution in [0, 0.1) is 6.92 Å². The monoisotopic (exact) mass is 427 g/mol. The van der Waals surface area contributed by atoms with Crippen molar-refractivity contribution in [2.45, 2.75) is 26.3 Å². The number of rotatable bonds is 7. The number of carbonyl (C=O) groups is 1. The van der Waals surface area contributed by atoms with Crippen molar-refractivity contribution in [2.24, 2.45) is 7.05 Å². The highest BCUT2D eigenvalue weighted by atomic mass is 35.5. The van der Waals surface area contributed by atoms with Gasteiger partial charge in [0.15, 0.2) is 0 Å². The Bertz CT molecular complexity index is 1130. The summed E-state index contributed by atoms with van der Waals surface area (Å²) in [5.74, 6) is 0.409. The van der Waals surface area contributed by atoms with Crippen molar-refractivity contribution >= 4 is 28.4 Å². The molecular formula is C23H26ClN3O3. The summed E-state index contributed by atoms with van der Waals surface area (Å²) in [7, 11) is 3.32. The minimum Gasteiger partial charge on any atom is -0.385 e. The third-order valence-corrected chi connectivity index (χ3v) is 5.53. The zero-order valence-electron chi connectivity index (χ0n) is 17.7. The Labute approximate surface area is 181 Å². The molecule has 0 aliphatic heterocycles. The molecule has 0 spiro atoms. The smallest absolute Gasteiger partial charge is 0.261 e. The van der Waals surface area contributed by atoms with Gasteiger partial charge >= 0.3 is 0 Å². The Hall–Kier alpha value is -2.70. The molecule has 3 aromatic rings. The highest BCUT2D eigenvalue weighted by Gasteiger charge is 2.26. The Morgan fingerprint density at radius 3 is 2.70 bits per heavy atom. The summed E-state index contributed by atoms with van der Waals surface area (Å²) in [6.07, 6.45) is 0.672. The number of halogens is 1. The van der Waals surface area contributed by atoms with E-state index in [1.54, 1.807) is 37.3 Å². The fraction of sp³-hybridized carbons (Fsp3) is 0.348. The lowest BCUT2D eigenvalue weighted by Gasteiger charge is -2.30. The summed E-state index contributed by atoms with van der Waals surface area (Å²) in [4.78, 5) is 32.8. The maximum absolute atomic E-state index is 13.4. The zero-order valence-corrected chi connectivity index (χ0v) is 18.4. The number of aryl methyl sites for hydroxylation is 1. The molecule has 0 aliphatic carbocycles. The van der Waals surface area contributed by atoms with E-state index < -0.39 is 6.04 Å². The number of methoxy groups -OCH3 is 1.